The van der Waals surface area contributed by atoms with E-state index in [9.17, 15) is 14.9 Å². The summed E-state index contributed by atoms with van der Waals surface area (Å²) in [5.74, 6) is -0.426. The zero-order chi connectivity index (χ0) is 15.0. The van der Waals surface area contributed by atoms with Crippen LogP contribution in [0.2, 0.25) is 5.02 Å². The first-order valence-corrected chi connectivity index (χ1v) is 7.71. The number of carbonyl (C=O) groups excluding carboxylic acids is 1. The summed E-state index contributed by atoms with van der Waals surface area (Å²) in [4.78, 5) is 26.9. The fourth-order valence-corrected chi connectivity index (χ4v) is 3.82. The molecule has 106 valence electrons. The molecule has 0 saturated heterocycles. The molecule has 0 fully saturated rings. The first kappa shape index (κ1) is 13.9. The van der Waals surface area contributed by atoms with Crippen LogP contribution in [0.15, 0.2) is 29.8 Å². The van der Waals surface area contributed by atoms with Crippen molar-refractivity contribution in [2.45, 2.75) is 0 Å². The van der Waals surface area contributed by atoms with E-state index in [1.807, 2.05) is 0 Å². The van der Waals surface area contributed by atoms with Crippen LogP contribution in [0.4, 0.5) is 10.8 Å². The zero-order valence-electron chi connectivity index (χ0n) is 10.2. The maximum absolute atomic E-state index is 12.2. The molecule has 0 bridgehead atoms. The lowest BCUT2D eigenvalue weighted by Crippen LogP contribution is -2.10. The number of nitrogens with one attached hydrogen (secondary N) is 1. The molecule has 0 aliphatic heterocycles. The Morgan fingerprint density at radius 3 is 2.90 bits per heavy atom. The molecule has 0 atom stereocenters. The van der Waals surface area contributed by atoms with E-state index in [0.29, 0.717) is 15.2 Å². The van der Waals surface area contributed by atoms with Crippen molar-refractivity contribution in [3.05, 3.63) is 49.8 Å². The van der Waals surface area contributed by atoms with Gasteiger partial charge in [0.05, 0.1) is 9.95 Å². The molecule has 2 heterocycles. The van der Waals surface area contributed by atoms with Crippen LogP contribution in [0.25, 0.3) is 10.1 Å². The Hall–Kier alpha value is -2.03. The number of anilines is 1. The van der Waals surface area contributed by atoms with Crippen LogP contribution in [0.3, 0.4) is 0 Å². The lowest BCUT2D eigenvalue weighted by Gasteiger charge is -1.98. The standard InChI is InChI=1S/C12H6ClN3O3S2/c13-8-6-2-1-3-7(16(18)19)9(6)21-10(8)11(17)15-12-14-4-5-20-12/h1-5H,(H,14,15,17). The van der Waals surface area contributed by atoms with Gasteiger partial charge in [-0.05, 0) is 0 Å². The van der Waals surface area contributed by atoms with Crippen LogP contribution in [0.1, 0.15) is 9.67 Å². The molecule has 0 aliphatic carbocycles. The molecule has 2 aromatic heterocycles. The van der Waals surface area contributed by atoms with Gasteiger partial charge in [0.25, 0.3) is 11.6 Å². The number of nitro groups is 1. The molecular weight excluding hydrogens is 334 g/mol. The number of nitro benzene ring substituents is 1. The van der Waals surface area contributed by atoms with Gasteiger partial charge >= 0.3 is 0 Å². The Bertz CT molecular complexity index is 845. The molecule has 3 rings (SSSR count). The molecule has 1 aromatic carbocycles. The lowest BCUT2D eigenvalue weighted by atomic mass is 10.2. The number of halogens is 1. The topological polar surface area (TPSA) is 85.1 Å². The van der Waals surface area contributed by atoms with Crippen LogP contribution in [-0.4, -0.2) is 15.8 Å². The van der Waals surface area contributed by atoms with Crippen molar-refractivity contribution in [3.8, 4) is 0 Å². The average molecular weight is 340 g/mol. The highest BCUT2D eigenvalue weighted by molar-refractivity contribution is 7.22. The van der Waals surface area contributed by atoms with Crippen LogP contribution in [0, 0.1) is 10.1 Å². The molecule has 21 heavy (non-hydrogen) atoms. The second-order valence-corrected chi connectivity index (χ2v) is 6.24. The molecule has 6 nitrogen and oxygen atoms in total. The van der Waals surface area contributed by atoms with E-state index in [1.165, 1.54) is 17.4 Å². The summed E-state index contributed by atoms with van der Waals surface area (Å²) in [5.41, 5.74) is -0.0623. The molecule has 3 aromatic rings. The van der Waals surface area contributed by atoms with Gasteiger partial charge in [-0.25, -0.2) is 4.98 Å². The number of hydrogen-bond acceptors (Lipinski definition) is 6. The van der Waals surface area contributed by atoms with Crippen LogP contribution >= 0.6 is 34.3 Å². The van der Waals surface area contributed by atoms with Gasteiger partial charge < -0.3 is 0 Å². The molecule has 1 amide bonds. The average Bonchev–Trinajstić information content (AvgIpc) is 3.07. The SMILES string of the molecule is O=C(Nc1nccs1)c1sc2c([N+](=O)[O-])cccc2c1Cl. The van der Waals surface area contributed by atoms with Crippen molar-refractivity contribution < 1.29 is 9.72 Å². The van der Waals surface area contributed by atoms with Crippen molar-refractivity contribution in [2.24, 2.45) is 0 Å². The highest BCUT2D eigenvalue weighted by Gasteiger charge is 2.23. The van der Waals surface area contributed by atoms with Gasteiger partial charge in [-0.15, -0.1) is 22.7 Å². The third kappa shape index (κ3) is 2.48. The smallest absolute Gasteiger partial charge is 0.287 e. The predicted molar refractivity (Wildman–Crippen MR) is 83.6 cm³/mol. The second kappa shape index (κ2) is 5.40. The number of fused-ring (bicyclic) bond motifs is 1. The predicted octanol–water partition coefficient (Wildman–Crippen LogP) is 4.17. The summed E-state index contributed by atoms with van der Waals surface area (Å²) in [6.07, 6.45) is 1.57. The van der Waals surface area contributed by atoms with E-state index in [-0.39, 0.29) is 15.6 Å². The van der Waals surface area contributed by atoms with E-state index in [1.54, 1.807) is 23.7 Å². The van der Waals surface area contributed by atoms with Crippen molar-refractivity contribution in [3.63, 3.8) is 0 Å². The Morgan fingerprint density at radius 2 is 2.24 bits per heavy atom. The number of thiophene rings is 1. The fraction of sp³-hybridized carbons (Fsp3) is 0. The quantitative estimate of drug-likeness (QED) is 0.573. The minimum absolute atomic E-state index is 0.0623. The van der Waals surface area contributed by atoms with Gasteiger partial charge in [0.1, 0.15) is 9.58 Å². The van der Waals surface area contributed by atoms with Crippen molar-refractivity contribution in [1.82, 2.24) is 4.98 Å². The van der Waals surface area contributed by atoms with Crippen LogP contribution in [0.5, 0.6) is 0 Å². The molecule has 9 heteroatoms. The second-order valence-electron chi connectivity index (χ2n) is 3.95. The molecule has 0 spiro atoms. The number of hydrogen-bond donors (Lipinski definition) is 1. The summed E-state index contributed by atoms with van der Waals surface area (Å²) in [6.45, 7) is 0. The van der Waals surface area contributed by atoms with Crippen molar-refractivity contribution in [1.29, 1.82) is 0 Å². The van der Waals surface area contributed by atoms with Crippen molar-refractivity contribution in [2.75, 3.05) is 5.32 Å². The van der Waals surface area contributed by atoms with Crippen molar-refractivity contribution >= 4 is 61.1 Å². The molecule has 0 unspecified atom stereocenters. The fourth-order valence-electron chi connectivity index (χ4n) is 1.80. The first-order valence-electron chi connectivity index (χ1n) is 5.64. The van der Waals surface area contributed by atoms with E-state index in [4.69, 9.17) is 11.6 Å². The Morgan fingerprint density at radius 1 is 1.43 bits per heavy atom. The minimum atomic E-state index is -0.488. The van der Waals surface area contributed by atoms with E-state index in [0.717, 1.165) is 11.3 Å². The largest absolute Gasteiger partial charge is 0.297 e. The number of amides is 1. The summed E-state index contributed by atoms with van der Waals surface area (Å²) < 4.78 is 0.386. The first-order chi connectivity index (χ1) is 10.1. The summed E-state index contributed by atoms with van der Waals surface area (Å²) in [6, 6.07) is 4.58. The van der Waals surface area contributed by atoms with Crippen LogP contribution < -0.4 is 5.32 Å². The Labute approximate surface area is 131 Å². The number of aromatic nitrogens is 1. The maximum Gasteiger partial charge on any atom is 0.287 e. The van der Waals surface area contributed by atoms with Gasteiger partial charge in [0, 0.05) is 23.0 Å². The number of thiazole rings is 1. The van der Waals surface area contributed by atoms with Gasteiger partial charge in [-0.1, -0.05) is 23.7 Å². The zero-order valence-corrected chi connectivity index (χ0v) is 12.6. The van der Waals surface area contributed by atoms with Gasteiger partial charge in [-0.2, -0.15) is 0 Å². The molecule has 0 radical (unpaired) electrons. The van der Waals surface area contributed by atoms with Crippen LogP contribution in [-0.2, 0) is 0 Å². The number of rotatable bonds is 3. The number of non-ortho nitro benzene ring substituents is 1. The number of benzene rings is 1. The van der Waals surface area contributed by atoms with E-state index >= 15 is 0 Å². The third-order valence-corrected chi connectivity index (χ3v) is 5.11. The third-order valence-electron chi connectivity index (χ3n) is 2.69. The monoisotopic (exact) mass is 339 g/mol. The maximum atomic E-state index is 12.2. The van der Waals surface area contributed by atoms with E-state index < -0.39 is 10.8 Å². The summed E-state index contributed by atoms with van der Waals surface area (Å²) in [7, 11) is 0. The molecule has 0 aliphatic rings. The van der Waals surface area contributed by atoms with E-state index in [2.05, 4.69) is 10.3 Å². The highest BCUT2D eigenvalue weighted by atomic mass is 35.5. The lowest BCUT2D eigenvalue weighted by molar-refractivity contribution is -0.382. The van der Waals surface area contributed by atoms with Gasteiger partial charge in [-0.3, -0.25) is 20.2 Å². The molecule has 0 saturated carbocycles. The molecule has 1 N–H and O–H groups in total. The van der Waals surface area contributed by atoms with Gasteiger partial charge in [0.15, 0.2) is 5.13 Å². The summed E-state index contributed by atoms with van der Waals surface area (Å²) >= 11 is 8.46. The number of nitrogens with zero attached hydrogens (tertiary/aromatic N) is 2. The normalized spacial score (nSPS) is 10.7. The highest BCUT2D eigenvalue weighted by Crippen LogP contribution is 2.40. The summed E-state index contributed by atoms with van der Waals surface area (Å²) in [5, 5.41) is 16.5. The number of carbonyl (C=O) groups is 1. The minimum Gasteiger partial charge on any atom is -0.297 e. The Kier molecular flexibility index (Phi) is 3.58. The Balaban J connectivity index is 2.07. The van der Waals surface area contributed by atoms with Gasteiger partial charge in [0.2, 0.25) is 0 Å². The molecular formula is C12H6ClN3O3S2.